The lowest BCUT2D eigenvalue weighted by Gasteiger charge is -2.18. The van der Waals surface area contributed by atoms with Crippen LogP contribution in [0.1, 0.15) is 46.5 Å². The number of rotatable bonds is 5. The van der Waals surface area contributed by atoms with Gasteiger partial charge in [-0.25, -0.2) is 4.79 Å². The normalized spacial score (nSPS) is 13.2. The molecule has 1 unspecified atom stereocenters. The van der Waals surface area contributed by atoms with Gasteiger partial charge in [-0.1, -0.05) is 44.2 Å². The van der Waals surface area contributed by atoms with Crippen molar-refractivity contribution >= 4 is 17.7 Å². The molecule has 0 fully saturated rings. The third-order valence-electron chi connectivity index (χ3n) is 4.49. The fourth-order valence-corrected chi connectivity index (χ4v) is 3.24. The maximum Gasteiger partial charge on any atom is 0.328 e. The molecule has 5 heteroatoms. The number of esters is 1. The summed E-state index contributed by atoms with van der Waals surface area (Å²) < 4.78 is 4.78. The zero-order valence-electron chi connectivity index (χ0n) is 15.0. The van der Waals surface area contributed by atoms with Gasteiger partial charge in [0.1, 0.15) is 6.04 Å². The third kappa shape index (κ3) is 3.25. The number of amides is 1. The molecule has 0 radical (unpaired) electrons. The van der Waals surface area contributed by atoms with Crippen molar-refractivity contribution in [3.05, 3.63) is 59.2 Å². The van der Waals surface area contributed by atoms with Crippen LogP contribution < -0.4 is 5.32 Å². The van der Waals surface area contributed by atoms with E-state index in [1.807, 2.05) is 32.0 Å². The Balaban J connectivity index is 1.86. The second-order valence-corrected chi connectivity index (χ2v) is 6.81. The van der Waals surface area contributed by atoms with Gasteiger partial charge in [-0.3, -0.25) is 9.59 Å². The summed E-state index contributed by atoms with van der Waals surface area (Å²) in [6.07, 6.45) is 0.480. The van der Waals surface area contributed by atoms with E-state index in [4.69, 9.17) is 4.74 Å². The fourth-order valence-electron chi connectivity index (χ4n) is 3.24. The first kappa shape index (κ1) is 17.9. The molecule has 2 aromatic carbocycles. The Kier molecular flexibility index (Phi) is 4.89. The topological polar surface area (TPSA) is 72.5 Å². The summed E-state index contributed by atoms with van der Waals surface area (Å²) in [5.74, 6) is -0.739. The van der Waals surface area contributed by atoms with Gasteiger partial charge in [0, 0.05) is 16.7 Å². The maximum absolute atomic E-state index is 12.6. The average Bonchev–Trinajstić information content (AvgIpc) is 2.92. The highest BCUT2D eigenvalue weighted by Gasteiger charge is 2.28. The van der Waals surface area contributed by atoms with E-state index < -0.39 is 17.9 Å². The molecule has 5 nitrogen and oxygen atoms in total. The number of benzene rings is 2. The van der Waals surface area contributed by atoms with Crippen molar-refractivity contribution in [1.82, 2.24) is 5.32 Å². The van der Waals surface area contributed by atoms with Crippen molar-refractivity contribution in [2.45, 2.75) is 26.3 Å². The van der Waals surface area contributed by atoms with Crippen LogP contribution in [-0.4, -0.2) is 30.8 Å². The molecular formula is C21H21NO4. The number of nitrogens with one attached hydrogen (secondary N) is 1. The zero-order valence-corrected chi connectivity index (χ0v) is 15.0. The molecule has 2 aromatic rings. The molecule has 0 spiro atoms. The minimum atomic E-state index is -0.714. The first-order chi connectivity index (χ1) is 12.4. The summed E-state index contributed by atoms with van der Waals surface area (Å²) in [6.45, 7) is 3.93. The molecule has 0 aliphatic heterocycles. The Labute approximate surface area is 152 Å². The van der Waals surface area contributed by atoms with Crippen molar-refractivity contribution in [3.63, 3.8) is 0 Å². The van der Waals surface area contributed by atoms with Crippen LogP contribution in [0.15, 0.2) is 42.5 Å². The number of fused-ring (bicyclic) bond motifs is 3. The van der Waals surface area contributed by atoms with E-state index in [-0.39, 0.29) is 11.7 Å². The van der Waals surface area contributed by atoms with Gasteiger partial charge in [0.25, 0.3) is 5.91 Å². The molecule has 1 aliphatic carbocycles. The lowest BCUT2D eigenvalue weighted by molar-refractivity contribution is -0.143. The van der Waals surface area contributed by atoms with Crippen molar-refractivity contribution in [2.24, 2.45) is 5.92 Å². The number of ether oxygens (including phenoxy) is 1. The van der Waals surface area contributed by atoms with E-state index in [1.165, 1.54) is 7.11 Å². The second kappa shape index (κ2) is 7.12. The van der Waals surface area contributed by atoms with Gasteiger partial charge < -0.3 is 10.1 Å². The fraction of sp³-hybridized carbons (Fsp3) is 0.286. The zero-order chi connectivity index (χ0) is 18.8. The van der Waals surface area contributed by atoms with Gasteiger partial charge in [0.2, 0.25) is 0 Å². The van der Waals surface area contributed by atoms with E-state index in [0.717, 1.165) is 11.1 Å². The summed E-state index contributed by atoms with van der Waals surface area (Å²) in [6, 6.07) is 11.7. The first-order valence-electron chi connectivity index (χ1n) is 8.59. The summed E-state index contributed by atoms with van der Waals surface area (Å²) in [5, 5.41) is 2.72. The van der Waals surface area contributed by atoms with Gasteiger partial charge in [-0.05, 0) is 35.6 Å². The Morgan fingerprint density at radius 2 is 1.65 bits per heavy atom. The van der Waals surface area contributed by atoms with Crippen LogP contribution in [0.3, 0.4) is 0 Å². The van der Waals surface area contributed by atoms with Gasteiger partial charge in [-0.2, -0.15) is 0 Å². The van der Waals surface area contributed by atoms with Gasteiger partial charge in [0.15, 0.2) is 5.78 Å². The molecule has 0 heterocycles. The highest BCUT2D eigenvalue weighted by molar-refractivity contribution is 6.22. The first-order valence-corrected chi connectivity index (χ1v) is 8.59. The average molecular weight is 351 g/mol. The standard InChI is InChI=1S/C21H21NO4/c1-12(2)10-18(21(25)26-3)22-20(24)13-8-9-15-14-6-4-5-7-16(14)19(23)17(15)11-13/h4-9,11-12,18H,10H2,1-3H3,(H,22,24). The van der Waals surface area contributed by atoms with Crippen molar-refractivity contribution in [1.29, 1.82) is 0 Å². The molecule has 1 atom stereocenters. The smallest absolute Gasteiger partial charge is 0.328 e. The lowest BCUT2D eigenvalue weighted by atomic mass is 10.0. The highest BCUT2D eigenvalue weighted by Crippen LogP contribution is 2.36. The van der Waals surface area contributed by atoms with Crippen LogP contribution in [0.25, 0.3) is 11.1 Å². The summed E-state index contributed by atoms with van der Waals surface area (Å²) in [7, 11) is 1.30. The summed E-state index contributed by atoms with van der Waals surface area (Å²) in [5.41, 5.74) is 3.22. The molecule has 134 valence electrons. The van der Waals surface area contributed by atoms with Crippen molar-refractivity contribution in [3.8, 4) is 11.1 Å². The molecule has 0 saturated carbocycles. The number of hydrogen-bond acceptors (Lipinski definition) is 4. The quantitative estimate of drug-likeness (QED) is 0.717. The lowest BCUT2D eigenvalue weighted by Crippen LogP contribution is -2.42. The monoisotopic (exact) mass is 351 g/mol. The van der Waals surface area contributed by atoms with E-state index in [0.29, 0.717) is 23.1 Å². The Bertz CT molecular complexity index is 885. The van der Waals surface area contributed by atoms with Crippen LogP contribution in [-0.2, 0) is 9.53 Å². The van der Waals surface area contributed by atoms with Crippen LogP contribution in [0, 0.1) is 5.92 Å². The predicted molar refractivity (Wildman–Crippen MR) is 98.0 cm³/mol. The molecule has 0 bridgehead atoms. The van der Waals surface area contributed by atoms with Crippen molar-refractivity contribution in [2.75, 3.05) is 7.11 Å². The highest BCUT2D eigenvalue weighted by atomic mass is 16.5. The predicted octanol–water partition coefficient (Wildman–Crippen LogP) is 3.22. The van der Waals surface area contributed by atoms with E-state index in [1.54, 1.807) is 24.3 Å². The van der Waals surface area contributed by atoms with E-state index >= 15 is 0 Å². The van der Waals surface area contributed by atoms with E-state index in [9.17, 15) is 14.4 Å². The molecule has 1 N–H and O–H groups in total. The molecule has 3 rings (SSSR count). The minimum Gasteiger partial charge on any atom is -0.467 e. The van der Waals surface area contributed by atoms with Crippen molar-refractivity contribution < 1.29 is 19.1 Å². The largest absolute Gasteiger partial charge is 0.467 e. The Morgan fingerprint density at radius 1 is 1.00 bits per heavy atom. The Hall–Kier alpha value is -2.95. The molecule has 1 amide bonds. The molecule has 1 aliphatic rings. The number of carbonyl (C=O) groups is 3. The molecular weight excluding hydrogens is 330 g/mol. The number of methoxy groups -OCH3 is 1. The maximum atomic E-state index is 12.6. The summed E-state index contributed by atoms with van der Waals surface area (Å²) in [4.78, 5) is 37.1. The van der Waals surface area contributed by atoms with Gasteiger partial charge >= 0.3 is 5.97 Å². The number of carbonyl (C=O) groups excluding carboxylic acids is 3. The third-order valence-corrected chi connectivity index (χ3v) is 4.49. The SMILES string of the molecule is COC(=O)C(CC(C)C)NC(=O)c1ccc2c(c1)C(=O)c1ccccc1-2. The van der Waals surface area contributed by atoms with Crippen LogP contribution in [0.2, 0.25) is 0 Å². The second-order valence-electron chi connectivity index (χ2n) is 6.81. The van der Waals surface area contributed by atoms with Crippen LogP contribution in [0.5, 0.6) is 0 Å². The molecule has 0 aromatic heterocycles. The van der Waals surface area contributed by atoms with Crippen LogP contribution >= 0.6 is 0 Å². The number of hydrogen-bond donors (Lipinski definition) is 1. The number of ketones is 1. The minimum absolute atomic E-state index is 0.0862. The summed E-state index contributed by atoms with van der Waals surface area (Å²) >= 11 is 0. The van der Waals surface area contributed by atoms with Gasteiger partial charge in [-0.15, -0.1) is 0 Å². The van der Waals surface area contributed by atoms with Crippen LogP contribution in [0.4, 0.5) is 0 Å². The van der Waals surface area contributed by atoms with Gasteiger partial charge in [0.05, 0.1) is 7.11 Å². The molecule has 26 heavy (non-hydrogen) atoms. The Morgan fingerprint density at radius 3 is 2.31 bits per heavy atom. The molecule has 0 saturated heterocycles. The van der Waals surface area contributed by atoms with E-state index in [2.05, 4.69) is 5.32 Å².